The Labute approximate surface area is 180 Å². The van der Waals surface area contributed by atoms with Gasteiger partial charge >= 0.3 is 0 Å². The summed E-state index contributed by atoms with van der Waals surface area (Å²) in [5.41, 5.74) is 2.54. The summed E-state index contributed by atoms with van der Waals surface area (Å²) in [6.07, 6.45) is 6.58. The average Bonchev–Trinajstić information content (AvgIpc) is 2.79. The van der Waals surface area contributed by atoms with Gasteiger partial charge in [0.1, 0.15) is 5.82 Å². The van der Waals surface area contributed by atoms with E-state index in [4.69, 9.17) is 0 Å². The Morgan fingerprint density at radius 3 is 2.33 bits per heavy atom. The summed E-state index contributed by atoms with van der Waals surface area (Å²) in [6, 6.07) is 11.0. The Bertz CT molecular complexity index is 761. The van der Waals surface area contributed by atoms with Crippen LogP contribution in [0.4, 0.5) is 0 Å². The Balaban J connectivity index is 1.20. The van der Waals surface area contributed by atoms with Gasteiger partial charge in [0.2, 0.25) is 0 Å². The molecule has 0 radical (unpaired) electrons. The van der Waals surface area contributed by atoms with Crippen molar-refractivity contribution >= 4 is 0 Å². The van der Waals surface area contributed by atoms with E-state index in [1.54, 1.807) is 0 Å². The van der Waals surface area contributed by atoms with Crippen LogP contribution in [0.25, 0.3) is 0 Å². The molecule has 1 N–H and O–H groups in total. The molecule has 0 unspecified atom stereocenters. The van der Waals surface area contributed by atoms with E-state index in [2.05, 4.69) is 61.9 Å². The first-order chi connectivity index (χ1) is 14.7. The second-order valence-corrected chi connectivity index (χ2v) is 8.63. The Morgan fingerprint density at radius 1 is 0.933 bits per heavy atom. The van der Waals surface area contributed by atoms with Crippen LogP contribution in [-0.4, -0.2) is 87.7 Å². The van der Waals surface area contributed by atoms with Crippen LogP contribution >= 0.6 is 0 Å². The summed E-state index contributed by atoms with van der Waals surface area (Å²) in [5, 5.41) is 10.8. The first-order valence-electron chi connectivity index (χ1n) is 11.4. The van der Waals surface area contributed by atoms with E-state index in [0.29, 0.717) is 0 Å². The summed E-state index contributed by atoms with van der Waals surface area (Å²) in [5.74, 6) is 0.889. The zero-order valence-electron chi connectivity index (χ0n) is 18.2. The molecule has 6 heteroatoms. The van der Waals surface area contributed by atoms with Crippen molar-refractivity contribution in [1.82, 2.24) is 24.7 Å². The number of hydrogen-bond acceptors (Lipinski definition) is 6. The van der Waals surface area contributed by atoms with Gasteiger partial charge in [-0.05, 0) is 18.4 Å². The monoisotopic (exact) mass is 409 g/mol. The highest BCUT2D eigenvalue weighted by Crippen LogP contribution is 2.20. The second kappa shape index (κ2) is 10.4. The van der Waals surface area contributed by atoms with Crippen LogP contribution in [-0.2, 0) is 19.4 Å². The fraction of sp³-hybridized carbons (Fsp3) is 0.583. The number of piperidine rings is 1. The van der Waals surface area contributed by atoms with Crippen LogP contribution in [0.15, 0.2) is 42.7 Å². The van der Waals surface area contributed by atoms with Crippen LogP contribution in [0.2, 0.25) is 0 Å². The van der Waals surface area contributed by atoms with Gasteiger partial charge < -0.3 is 10.0 Å². The number of likely N-dealkylation sites (tertiary alicyclic amines) is 1. The van der Waals surface area contributed by atoms with Crippen molar-refractivity contribution < 1.29 is 5.11 Å². The first kappa shape index (κ1) is 21.4. The van der Waals surface area contributed by atoms with Crippen LogP contribution in [0.1, 0.15) is 30.3 Å². The largest absolute Gasteiger partial charge is 0.390 e. The van der Waals surface area contributed by atoms with Crippen LogP contribution in [0.5, 0.6) is 0 Å². The van der Waals surface area contributed by atoms with Gasteiger partial charge in [-0.3, -0.25) is 9.80 Å². The molecule has 0 bridgehead atoms. The number of benzene rings is 1. The number of rotatable bonds is 7. The summed E-state index contributed by atoms with van der Waals surface area (Å²) in [7, 11) is 0. The number of piperazine rings is 1. The van der Waals surface area contributed by atoms with Gasteiger partial charge in [0.15, 0.2) is 0 Å². The number of aryl methyl sites for hydroxylation is 1. The maximum absolute atomic E-state index is 10.8. The van der Waals surface area contributed by atoms with E-state index in [9.17, 15) is 5.11 Å². The maximum atomic E-state index is 10.8. The lowest BCUT2D eigenvalue weighted by Crippen LogP contribution is -2.58. The van der Waals surface area contributed by atoms with Crippen molar-refractivity contribution in [3.63, 3.8) is 0 Å². The van der Waals surface area contributed by atoms with Crippen molar-refractivity contribution in [3.8, 4) is 0 Å². The quantitative estimate of drug-likeness (QED) is 0.753. The van der Waals surface area contributed by atoms with E-state index < -0.39 is 0 Å². The Morgan fingerprint density at radius 2 is 1.67 bits per heavy atom. The van der Waals surface area contributed by atoms with Gasteiger partial charge in [-0.1, -0.05) is 37.3 Å². The van der Waals surface area contributed by atoms with Crippen LogP contribution in [0, 0.1) is 0 Å². The molecule has 1 aromatic heterocycles. The lowest BCUT2D eigenvalue weighted by atomic mass is 9.98. The summed E-state index contributed by atoms with van der Waals surface area (Å²) >= 11 is 0. The number of aliphatic hydroxyl groups excluding tert-OH is 1. The normalized spacial score (nSPS) is 24.2. The van der Waals surface area contributed by atoms with Crippen molar-refractivity contribution in [3.05, 3.63) is 59.7 Å². The molecule has 4 rings (SSSR count). The van der Waals surface area contributed by atoms with Crippen molar-refractivity contribution in [2.45, 2.75) is 44.9 Å². The predicted molar refractivity (Wildman–Crippen MR) is 119 cm³/mol. The number of nitrogens with zero attached hydrogens (tertiary/aromatic N) is 5. The standard InChI is InChI=1S/C24H35N5O/c1-2-24-25-16-21(17-26-24)18-28-11-9-22(23(30)19-28)29-14-12-27(13-15-29)10-8-20-6-4-3-5-7-20/h3-7,16-17,22-23,30H,2,8-15,18-19H2,1H3/t22-,23-/m1/s1. The van der Waals surface area contributed by atoms with E-state index >= 15 is 0 Å². The van der Waals surface area contributed by atoms with Gasteiger partial charge in [-0.2, -0.15) is 0 Å². The molecule has 0 spiro atoms. The lowest BCUT2D eigenvalue weighted by Gasteiger charge is -2.45. The van der Waals surface area contributed by atoms with Gasteiger partial charge in [0, 0.05) is 82.8 Å². The Hall–Kier alpha value is -1.86. The van der Waals surface area contributed by atoms with Crippen molar-refractivity contribution in [1.29, 1.82) is 0 Å². The molecular weight excluding hydrogens is 374 g/mol. The fourth-order valence-corrected chi connectivity index (χ4v) is 4.71. The molecule has 2 saturated heterocycles. The third-order valence-electron chi connectivity index (χ3n) is 6.55. The molecule has 2 aliphatic heterocycles. The molecule has 0 aliphatic carbocycles. The Kier molecular flexibility index (Phi) is 7.44. The van der Waals surface area contributed by atoms with E-state index in [1.807, 2.05) is 12.4 Å². The molecule has 6 nitrogen and oxygen atoms in total. The number of aromatic nitrogens is 2. The van der Waals surface area contributed by atoms with Gasteiger partial charge in [-0.15, -0.1) is 0 Å². The van der Waals surface area contributed by atoms with E-state index in [0.717, 1.165) is 83.0 Å². The minimum Gasteiger partial charge on any atom is -0.390 e. The third kappa shape index (κ3) is 5.64. The average molecular weight is 410 g/mol. The highest BCUT2D eigenvalue weighted by molar-refractivity contribution is 5.15. The molecule has 162 valence electrons. The summed E-state index contributed by atoms with van der Waals surface area (Å²) in [6.45, 7) is 10.1. The molecule has 1 aromatic carbocycles. The SMILES string of the molecule is CCc1ncc(CN2CC[C@@H](N3CCN(CCc4ccccc4)CC3)[C@H](O)C2)cn1. The lowest BCUT2D eigenvalue weighted by molar-refractivity contribution is -0.0308. The number of aliphatic hydroxyl groups is 1. The second-order valence-electron chi connectivity index (χ2n) is 8.63. The van der Waals surface area contributed by atoms with Gasteiger partial charge in [0.25, 0.3) is 0 Å². The molecule has 2 fully saturated rings. The molecule has 2 aliphatic rings. The maximum Gasteiger partial charge on any atom is 0.127 e. The predicted octanol–water partition coefficient (Wildman–Crippen LogP) is 1.83. The molecule has 0 saturated carbocycles. The van der Waals surface area contributed by atoms with Crippen molar-refractivity contribution in [2.75, 3.05) is 45.8 Å². The minimum atomic E-state index is -0.287. The van der Waals surface area contributed by atoms with Crippen LogP contribution < -0.4 is 0 Å². The zero-order valence-corrected chi connectivity index (χ0v) is 18.2. The smallest absolute Gasteiger partial charge is 0.127 e. The first-order valence-corrected chi connectivity index (χ1v) is 11.4. The van der Waals surface area contributed by atoms with Gasteiger partial charge in [-0.25, -0.2) is 9.97 Å². The summed E-state index contributed by atoms with van der Waals surface area (Å²) in [4.78, 5) is 16.2. The highest BCUT2D eigenvalue weighted by atomic mass is 16.3. The minimum absolute atomic E-state index is 0.287. The van der Waals surface area contributed by atoms with E-state index in [1.165, 1.54) is 5.56 Å². The fourth-order valence-electron chi connectivity index (χ4n) is 4.71. The molecular formula is C24H35N5O. The third-order valence-corrected chi connectivity index (χ3v) is 6.55. The van der Waals surface area contributed by atoms with Crippen molar-refractivity contribution in [2.24, 2.45) is 0 Å². The summed E-state index contributed by atoms with van der Waals surface area (Å²) < 4.78 is 0. The molecule has 2 atom stereocenters. The van der Waals surface area contributed by atoms with Crippen LogP contribution in [0.3, 0.4) is 0 Å². The zero-order chi connectivity index (χ0) is 20.8. The highest BCUT2D eigenvalue weighted by Gasteiger charge is 2.33. The number of β-amino-alcohol motifs (C(OH)–C–C–N with tert-alkyl or cyclic N) is 1. The molecule has 2 aromatic rings. The van der Waals surface area contributed by atoms with Gasteiger partial charge in [0.05, 0.1) is 6.10 Å². The molecule has 0 amide bonds. The topological polar surface area (TPSA) is 55.7 Å². The number of hydrogen-bond donors (Lipinski definition) is 1. The molecule has 3 heterocycles. The van der Waals surface area contributed by atoms with E-state index in [-0.39, 0.29) is 12.1 Å². The molecule has 30 heavy (non-hydrogen) atoms.